The lowest BCUT2D eigenvalue weighted by atomic mass is 9.94. The van der Waals surface area contributed by atoms with Crippen LogP contribution in [0.15, 0.2) is 30.3 Å². The number of nitrogens with zero attached hydrogens (tertiary/aromatic N) is 1. The van der Waals surface area contributed by atoms with E-state index in [-0.39, 0.29) is 12.6 Å². The van der Waals surface area contributed by atoms with Crippen LogP contribution in [-0.4, -0.2) is 35.7 Å². The molecule has 0 saturated heterocycles. The number of aliphatic hydroxyl groups excluding tert-OH is 1. The lowest BCUT2D eigenvalue weighted by Gasteiger charge is -2.31. The number of hydrogen-bond acceptors (Lipinski definition) is 3. The minimum Gasteiger partial charge on any atom is -0.395 e. The zero-order valence-corrected chi connectivity index (χ0v) is 11.7. The van der Waals surface area contributed by atoms with E-state index in [1.807, 2.05) is 18.2 Å². The van der Waals surface area contributed by atoms with Crippen molar-refractivity contribution in [2.45, 2.75) is 32.9 Å². The molecule has 0 saturated carbocycles. The summed E-state index contributed by atoms with van der Waals surface area (Å²) < 4.78 is 0. The van der Waals surface area contributed by atoms with Crippen molar-refractivity contribution >= 4 is 0 Å². The van der Waals surface area contributed by atoms with Gasteiger partial charge in [0.15, 0.2) is 0 Å². The molecule has 2 unspecified atom stereocenters. The topological polar surface area (TPSA) is 49.5 Å². The Morgan fingerprint density at radius 2 is 1.78 bits per heavy atom. The second-order valence-corrected chi connectivity index (χ2v) is 5.23. The van der Waals surface area contributed by atoms with Gasteiger partial charge in [-0.05, 0) is 25.3 Å². The first-order chi connectivity index (χ1) is 8.56. The molecule has 0 heterocycles. The van der Waals surface area contributed by atoms with Gasteiger partial charge < -0.3 is 10.8 Å². The van der Waals surface area contributed by atoms with Crippen LogP contribution in [0.2, 0.25) is 0 Å². The molecule has 0 bridgehead atoms. The van der Waals surface area contributed by atoms with Crippen molar-refractivity contribution in [1.82, 2.24) is 4.90 Å². The van der Waals surface area contributed by atoms with E-state index in [9.17, 15) is 0 Å². The summed E-state index contributed by atoms with van der Waals surface area (Å²) in [5.41, 5.74) is 7.47. The van der Waals surface area contributed by atoms with Crippen LogP contribution in [0.5, 0.6) is 0 Å². The van der Waals surface area contributed by atoms with Gasteiger partial charge in [0, 0.05) is 25.2 Å². The van der Waals surface area contributed by atoms with Gasteiger partial charge in [-0.1, -0.05) is 37.3 Å². The monoisotopic (exact) mass is 250 g/mol. The molecule has 102 valence electrons. The Hall–Kier alpha value is -0.900. The molecule has 0 radical (unpaired) electrons. The third-order valence-electron chi connectivity index (χ3n) is 3.44. The first-order valence-corrected chi connectivity index (χ1v) is 6.71. The van der Waals surface area contributed by atoms with Gasteiger partial charge in [-0.15, -0.1) is 0 Å². The smallest absolute Gasteiger partial charge is 0.0558 e. The van der Waals surface area contributed by atoms with E-state index >= 15 is 0 Å². The van der Waals surface area contributed by atoms with E-state index in [0.717, 1.165) is 6.54 Å². The van der Waals surface area contributed by atoms with E-state index in [2.05, 4.69) is 37.8 Å². The Labute approximate surface area is 111 Å². The van der Waals surface area contributed by atoms with E-state index in [1.54, 1.807) is 0 Å². The summed E-state index contributed by atoms with van der Waals surface area (Å²) in [5.74, 6) is 0.362. The van der Waals surface area contributed by atoms with Crippen LogP contribution in [0.3, 0.4) is 0 Å². The highest BCUT2D eigenvalue weighted by molar-refractivity contribution is 5.19. The van der Waals surface area contributed by atoms with Crippen LogP contribution in [0.25, 0.3) is 0 Å². The summed E-state index contributed by atoms with van der Waals surface area (Å²) >= 11 is 0. The molecule has 1 rings (SSSR count). The number of nitrogens with two attached hydrogens (primary N) is 1. The first-order valence-electron chi connectivity index (χ1n) is 6.71. The van der Waals surface area contributed by atoms with Gasteiger partial charge in [-0.25, -0.2) is 0 Å². The van der Waals surface area contributed by atoms with Crippen molar-refractivity contribution in [3.63, 3.8) is 0 Å². The molecule has 0 aliphatic carbocycles. The van der Waals surface area contributed by atoms with E-state index in [1.165, 1.54) is 5.56 Å². The van der Waals surface area contributed by atoms with Gasteiger partial charge in [0.25, 0.3) is 0 Å². The van der Waals surface area contributed by atoms with Gasteiger partial charge in [0.1, 0.15) is 0 Å². The summed E-state index contributed by atoms with van der Waals surface area (Å²) in [6.07, 6.45) is 0. The fraction of sp³-hybridized carbons (Fsp3) is 0.600. The molecule has 0 aromatic heterocycles. The summed E-state index contributed by atoms with van der Waals surface area (Å²) in [4.78, 5) is 2.27. The highest BCUT2D eigenvalue weighted by Crippen LogP contribution is 2.20. The molecule has 0 spiro atoms. The van der Waals surface area contributed by atoms with E-state index in [0.29, 0.717) is 18.5 Å². The summed E-state index contributed by atoms with van der Waals surface area (Å²) in [5, 5.41) is 9.08. The molecule has 0 fully saturated rings. The van der Waals surface area contributed by atoms with Crippen LogP contribution in [0.4, 0.5) is 0 Å². The van der Waals surface area contributed by atoms with Crippen LogP contribution >= 0.6 is 0 Å². The van der Waals surface area contributed by atoms with Crippen molar-refractivity contribution in [1.29, 1.82) is 0 Å². The van der Waals surface area contributed by atoms with E-state index < -0.39 is 0 Å². The molecule has 3 heteroatoms. The van der Waals surface area contributed by atoms with Crippen LogP contribution < -0.4 is 5.73 Å². The molecule has 0 amide bonds. The highest BCUT2D eigenvalue weighted by atomic mass is 16.3. The number of aliphatic hydroxyl groups is 1. The molecule has 3 N–H and O–H groups in total. The summed E-state index contributed by atoms with van der Waals surface area (Å²) in [6.45, 7) is 8.29. The van der Waals surface area contributed by atoms with Crippen molar-refractivity contribution in [2.75, 3.05) is 19.7 Å². The average molecular weight is 250 g/mol. The number of hydrogen-bond donors (Lipinski definition) is 2. The van der Waals surface area contributed by atoms with Gasteiger partial charge in [-0.3, -0.25) is 4.90 Å². The molecular weight excluding hydrogens is 224 g/mol. The van der Waals surface area contributed by atoms with Gasteiger partial charge in [0.05, 0.1) is 6.61 Å². The van der Waals surface area contributed by atoms with Crippen LogP contribution in [0, 0.1) is 5.92 Å². The minimum atomic E-state index is 0.0474. The van der Waals surface area contributed by atoms with Crippen molar-refractivity contribution in [3.05, 3.63) is 35.9 Å². The SMILES string of the molecule is CC(CN(CCO)C(C)C)C(N)c1ccccc1. The normalized spacial score (nSPS) is 15.1. The lowest BCUT2D eigenvalue weighted by molar-refractivity contribution is 0.142. The molecule has 1 aromatic rings. The Kier molecular flexibility index (Phi) is 6.33. The Bertz CT molecular complexity index is 327. The van der Waals surface area contributed by atoms with Crippen molar-refractivity contribution in [3.8, 4) is 0 Å². The van der Waals surface area contributed by atoms with E-state index in [4.69, 9.17) is 10.8 Å². The quantitative estimate of drug-likeness (QED) is 0.778. The standard InChI is InChI=1S/C15H26N2O/c1-12(2)17(9-10-18)11-13(3)15(16)14-7-5-4-6-8-14/h4-8,12-13,15,18H,9-11,16H2,1-3H3. The zero-order valence-electron chi connectivity index (χ0n) is 11.7. The van der Waals surface area contributed by atoms with Crippen molar-refractivity contribution < 1.29 is 5.11 Å². The maximum atomic E-state index is 9.08. The molecule has 1 aromatic carbocycles. The molecule has 18 heavy (non-hydrogen) atoms. The predicted octanol–water partition coefficient (Wildman–Crippen LogP) is 2.03. The third-order valence-corrected chi connectivity index (χ3v) is 3.44. The second-order valence-electron chi connectivity index (χ2n) is 5.23. The third kappa shape index (κ3) is 4.41. The average Bonchev–Trinajstić information content (AvgIpc) is 2.38. The lowest BCUT2D eigenvalue weighted by Crippen LogP contribution is -2.39. The number of benzene rings is 1. The van der Waals surface area contributed by atoms with Crippen LogP contribution in [-0.2, 0) is 0 Å². The second kappa shape index (κ2) is 7.52. The fourth-order valence-electron chi connectivity index (χ4n) is 2.18. The predicted molar refractivity (Wildman–Crippen MR) is 76.3 cm³/mol. The number of rotatable bonds is 7. The summed E-state index contributed by atoms with van der Waals surface area (Å²) in [6, 6.07) is 10.7. The van der Waals surface area contributed by atoms with Gasteiger partial charge in [-0.2, -0.15) is 0 Å². The maximum Gasteiger partial charge on any atom is 0.0558 e. The minimum absolute atomic E-state index is 0.0474. The maximum absolute atomic E-state index is 9.08. The Balaban J connectivity index is 2.61. The Morgan fingerprint density at radius 3 is 2.28 bits per heavy atom. The highest BCUT2D eigenvalue weighted by Gasteiger charge is 2.19. The molecule has 3 nitrogen and oxygen atoms in total. The summed E-state index contributed by atoms with van der Waals surface area (Å²) in [7, 11) is 0. The largest absolute Gasteiger partial charge is 0.395 e. The molecule has 0 aliphatic heterocycles. The fourth-order valence-corrected chi connectivity index (χ4v) is 2.18. The van der Waals surface area contributed by atoms with Crippen molar-refractivity contribution in [2.24, 2.45) is 11.7 Å². The zero-order chi connectivity index (χ0) is 13.5. The molecule has 2 atom stereocenters. The molecular formula is C15H26N2O. The Morgan fingerprint density at radius 1 is 1.17 bits per heavy atom. The van der Waals surface area contributed by atoms with Gasteiger partial charge >= 0.3 is 0 Å². The van der Waals surface area contributed by atoms with Gasteiger partial charge in [0.2, 0.25) is 0 Å². The van der Waals surface area contributed by atoms with Crippen LogP contribution in [0.1, 0.15) is 32.4 Å². The molecule has 0 aliphatic rings. The first kappa shape index (κ1) is 15.2.